The second-order valence-corrected chi connectivity index (χ2v) is 4.94. The molecule has 0 bridgehead atoms. The number of carboxylic acids is 1. The molecule has 0 saturated carbocycles. The van der Waals surface area contributed by atoms with Crippen LogP contribution in [0, 0.1) is 0 Å². The fraction of sp³-hybridized carbons (Fsp3) is 0.429. The molecule has 2 unspecified atom stereocenters. The number of amides is 2. The summed E-state index contributed by atoms with van der Waals surface area (Å²) >= 11 is 0. The van der Waals surface area contributed by atoms with Crippen LogP contribution in [0.25, 0.3) is 0 Å². The van der Waals surface area contributed by atoms with Crippen molar-refractivity contribution in [2.75, 3.05) is 5.32 Å². The number of benzene rings is 1. The number of anilines is 1. The van der Waals surface area contributed by atoms with Crippen molar-refractivity contribution in [1.82, 2.24) is 5.32 Å². The van der Waals surface area contributed by atoms with E-state index in [-0.39, 0.29) is 0 Å². The van der Waals surface area contributed by atoms with E-state index in [1.165, 1.54) is 6.92 Å². The third-order valence-corrected chi connectivity index (χ3v) is 2.85. The molecule has 20 heavy (non-hydrogen) atoms. The molecule has 2 atom stereocenters. The lowest BCUT2D eigenvalue weighted by Crippen LogP contribution is -2.49. The van der Waals surface area contributed by atoms with Gasteiger partial charge in [0.05, 0.1) is 6.10 Å². The molecule has 1 aromatic rings. The molecule has 0 heterocycles. The number of carboxylic acid groups (broad SMARTS) is 1. The van der Waals surface area contributed by atoms with Crippen molar-refractivity contribution in [2.45, 2.75) is 38.8 Å². The molecule has 1 rings (SSSR count). The molecule has 0 radical (unpaired) electrons. The average Bonchev–Trinajstić information content (AvgIpc) is 2.35. The molecule has 0 aromatic heterocycles. The number of aliphatic hydroxyl groups excluding tert-OH is 1. The minimum Gasteiger partial charge on any atom is -0.480 e. The number of aliphatic carboxylic acids is 1. The van der Waals surface area contributed by atoms with E-state index in [4.69, 9.17) is 5.11 Å². The van der Waals surface area contributed by atoms with Crippen LogP contribution in [-0.4, -0.2) is 34.4 Å². The summed E-state index contributed by atoms with van der Waals surface area (Å²) in [5, 5.41) is 22.9. The van der Waals surface area contributed by atoms with Crippen molar-refractivity contribution in [3.63, 3.8) is 0 Å². The number of rotatable bonds is 5. The van der Waals surface area contributed by atoms with Crippen molar-refractivity contribution < 1.29 is 19.8 Å². The Morgan fingerprint density at radius 3 is 2.35 bits per heavy atom. The van der Waals surface area contributed by atoms with Crippen LogP contribution >= 0.6 is 0 Å². The Balaban J connectivity index is 2.71. The van der Waals surface area contributed by atoms with Crippen LogP contribution < -0.4 is 10.6 Å². The SMILES string of the molecule is CC(C)c1cccc(NC(=O)NC(C(=O)O)C(C)O)c1. The standard InChI is InChI=1S/C14H20N2O4/c1-8(2)10-5-4-6-11(7-10)15-14(20)16-12(9(3)17)13(18)19/h4-9,12,17H,1-3H3,(H,18,19)(H2,15,16,20). The van der Waals surface area contributed by atoms with Gasteiger partial charge in [-0.15, -0.1) is 0 Å². The fourth-order valence-corrected chi connectivity index (χ4v) is 1.67. The molecule has 0 fully saturated rings. The van der Waals surface area contributed by atoms with Gasteiger partial charge in [0.25, 0.3) is 0 Å². The van der Waals surface area contributed by atoms with Crippen LogP contribution in [0.5, 0.6) is 0 Å². The predicted octanol–water partition coefficient (Wildman–Crippen LogP) is 1.77. The molecular weight excluding hydrogens is 260 g/mol. The Labute approximate surface area is 117 Å². The van der Waals surface area contributed by atoms with Gasteiger partial charge < -0.3 is 20.8 Å². The fourth-order valence-electron chi connectivity index (χ4n) is 1.67. The van der Waals surface area contributed by atoms with Crippen LogP contribution in [0.3, 0.4) is 0 Å². The van der Waals surface area contributed by atoms with E-state index >= 15 is 0 Å². The van der Waals surface area contributed by atoms with Gasteiger partial charge in [-0.2, -0.15) is 0 Å². The van der Waals surface area contributed by atoms with Gasteiger partial charge in [-0.1, -0.05) is 26.0 Å². The molecule has 2 amide bonds. The molecule has 4 N–H and O–H groups in total. The van der Waals surface area contributed by atoms with Gasteiger partial charge >= 0.3 is 12.0 Å². The highest BCUT2D eigenvalue weighted by atomic mass is 16.4. The topological polar surface area (TPSA) is 98.7 Å². The molecule has 0 aliphatic carbocycles. The maximum atomic E-state index is 11.7. The Morgan fingerprint density at radius 2 is 1.85 bits per heavy atom. The van der Waals surface area contributed by atoms with E-state index in [1.807, 2.05) is 32.0 Å². The number of carbonyl (C=O) groups is 2. The molecule has 6 nitrogen and oxygen atoms in total. The smallest absolute Gasteiger partial charge is 0.328 e. The number of hydrogen-bond donors (Lipinski definition) is 4. The Kier molecular flexibility index (Phi) is 5.52. The van der Waals surface area contributed by atoms with Crippen molar-refractivity contribution >= 4 is 17.7 Å². The Bertz CT molecular complexity index is 486. The quantitative estimate of drug-likeness (QED) is 0.660. The van der Waals surface area contributed by atoms with Crippen LogP contribution in [0.1, 0.15) is 32.3 Å². The maximum absolute atomic E-state index is 11.7. The van der Waals surface area contributed by atoms with E-state index in [0.29, 0.717) is 11.6 Å². The zero-order valence-electron chi connectivity index (χ0n) is 11.8. The Hall–Kier alpha value is -2.08. The highest BCUT2D eigenvalue weighted by Crippen LogP contribution is 2.18. The van der Waals surface area contributed by atoms with E-state index in [0.717, 1.165) is 5.56 Å². The minimum atomic E-state index is -1.34. The van der Waals surface area contributed by atoms with Gasteiger partial charge in [0.1, 0.15) is 0 Å². The maximum Gasteiger partial charge on any atom is 0.328 e. The average molecular weight is 280 g/mol. The monoisotopic (exact) mass is 280 g/mol. The summed E-state index contributed by atoms with van der Waals surface area (Å²) in [6.07, 6.45) is -1.18. The lowest BCUT2D eigenvalue weighted by atomic mass is 10.0. The van der Waals surface area contributed by atoms with Crippen molar-refractivity contribution in [3.8, 4) is 0 Å². The van der Waals surface area contributed by atoms with Crippen LogP contribution in [0.4, 0.5) is 10.5 Å². The van der Waals surface area contributed by atoms with E-state index < -0.39 is 24.1 Å². The second-order valence-electron chi connectivity index (χ2n) is 4.94. The minimum absolute atomic E-state index is 0.323. The van der Waals surface area contributed by atoms with Crippen LogP contribution in [-0.2, 0) is 4.79 Å². The largest absolute Gasteiger partial charge is 0.480 e. The normalized spacial score (nSPS) is 13.7. The molecule has 0 spiro atoms. The highest BCUT2D eigenvalue weighted by molar-refractivity contribution is 5.92. The van der Waals surface area contributed by atoms with E-state index in [2.05, 4.69) is 10.6 Å². The lowest BCUT2D eigenvalue weighted by molar-refractivity contribution is -0.141. The second kappa shape index (κ2) is 6.91. The van der Waals surface area contributed by atoms with E-state index in [9.17, 15) is 14.7 Å². The number of hydrogen-bond acceptors (Lipinski definition) is 3. The third-order valence-electron chi connectivity index (χ3n) is 2.85. The summed E-state index contributed by atoms with van der Waals surface area (Å²) in [6.45, 7) is 5.37. The highest BCUT2D eigenvalue weighted by Gasteiger charge is 2.24. The predicted molar refractivity (Wildman–Crippen MR) is 75.8 cm³/mol. The number of carbonyl (C=O) groups excluding carboxylic acids is 1. The summed E-state index contributed by atoms with van der Waals surface area (Å²) in [5.74, 6) is -0.963. The van der Waals surface area contributed by atoms with Crippen LogP contribution in [0.15, 0.2) is 24.3 Å². The van der Waals surface area contributed by atoms with Crippen molar-refractivity contribution in [2.24, 2.45) is 0 Å². The van der Waals surface area contributed by atoms with Gasteiger partial charge in [-0.05, 0) is 30.5 Å². The first-order valence-electron chi connectivity index (χ1n) is 6.39. The third kappa shape index (κ3) is 4.55. The lowest BCUT2D eigenvalue weighted by Gasteiger charge is -2.17. The number of aliphatic hydroxyl groups is 1. The zero-order chi connectivity index (χ0) is 15.3. The number of urea groups is 1. The molecule has 1 aromatic carbocycles. The Morgan fingerprint density at radius 1 is 1.20 bits per heavy atom. The molecule has 6 heteroatoms. The summed E-state index contributed by atoms with van der Waals surface area (Å²) in [4.78, 5) is 22.6. The molecule has 110 valence electrons. The molecule has 0 aliphatic heterocycles. The van der Waals surface area contributed by atoms with Crippen molar-refractivity contribution in [3.05, 3.63) is 29.8 Å². The summed E-state index contributed by atoms with van der Waals surface area (Å²) in [7, 11) is 0. The summed E-state index contributed by atoms with van der Waals surface area (Å²) in [5.41, 5.74) is 1.64. The number of nitrogens with one attached hydrogen (secondary N) is 2. The first kappa shape index (κ1) is 16.0. The van der Waals surface area contributed by atoms with Crippen LogP contribution in [0.2, 0.25) is 0 Å². The van der Waals surface area contributed by atoms with Crippen molar-refractivity contribution in [1.29, 1.82) is 0 Å². The van der Waals surface area contributed by atoms with Gasteiger partial charge in [0, 0.05) is 5.69 Å². The molecular formula is C14H20N2O4. The first-order chi connectivity index (χ1) is 9.31. The summed E-state index contributed by atoms with van der Waals surface area (Å²) in [6, 6.07) is 5.28. The van der Waals surface area contributed by atoms with E-state index in [1.54, 1.807) is 6.07 Å². The van der Waals surface area contributed by atoms with Gasteiger partial charge in [0.2, 0.25) is 0 Å². The summed E-state index contributed by atoms with van der Waals surface area (Å²) < 4.78 is 0. The van der Waals surface area contributed by atoms with Gasteiger partial charge in [-0.25, -0.2) is 9.59 Å². The molecule has 0 saturated heterocycles. The zero-order valence-corrected chi connectivity index (χ0v) is 11.8. The van der Waals surface area contributed by atoms with Gasteiger partial charge in [-0.3, -0.25) is 0 Å². The molecule has 0 aliphatic rings. The van der Waals surface area contributed by atoms with Gasteiger partial charge in [0.15, 0.2) is 6.04 Å². The first-order valence-corrected chi connectivity index (χ1v) is 6.39.